The van der Waals surface area contributed by atoms with Gasteiger partial charge in [0.2, 0.25) is 5.78 Å². The van der Waals surface area contributed by atoms with Crippen LogP contribution >= 0.6 is 0 Å². The molecule has 0 saturated heterocycles. The number of aliphatic hydroxyl groups is 3. The number of nitrogens with two attached hydrogens (primary N) is 1. The number of rotatable bonds is 4. The number of Topliss-reactive ketones (excluding diaryl/α,β-unsaturated/α-hetero) is 2. The minimum absolute atomic E-state index is 0.0201. The number of aryl methyl sites for hydroxylation is 2. The van der Waals surface area contributed by atoms with E-state index in [1.54, 1.807) is 6.07 Å². The molecular formula is C29H29NO7. The van der Waals surface area contributed by atoms with Crippen LogP contribution in [0.1, 0.15) is 53.7 Å². The topological polar surface area (TPSA) is 158 Å². The maximum atomic E-state index is 13.7. The highest BCUT2D eigenvalue weighted by Gasteiger charge is 2.59. The van der Waals surface area contributed by atoms with E-state index in [1.807, 2.05) is 6.07 Å². The number of primary amides is 1. The third-order valence-corrected chi connectivity index (χ3v) is 8.22. The molecule has 0 bridgehead atoms. The fourth-order valence-electron chi connectivity index (χ4n) is 6.36. The van der Waals surface area contributed by atoms with Gasteiger partial charge in [0.25, 0.3) is 5.91 Å². The van der Waals surface area contributed by atoms with Gasteiger partial charge in [0.05, 0.1) is 5.56 Å². The molecule has 2 aromatic rings. The van der Waals surface area contributed by atoms with E-state index < -0.39 is 52.0 Å². The van der Waals surface area contributed by atoms with Gasteiger partial charge < -0.3 is 26.2 Å². The van der Waals surface area contributed by atoms with Gasteiger partial charge in [-0.05, 0) is 65.5 Å². The average Bonchev–Trinajstić information content (AvgIpc) is 2.85. The zero-order valence-corrected chi connectivity index (χ0v) is 20.7. The second kappa shape index (κ2) is 8.59. The lowest BCUT2D eigenvalue weighted by Gasteiger charge is -2.45. The molecular weight excluding hydrogens is 474 g/mol. The first-order valence-electron chi connectivity index (χ1n) is 12.5. The van der Waals surface area contributed by atoms with Crippen LogP contribution in [0.2, 0.25) is 0 Å². The molecule has 0 unspecified atom stereocenters. The summed E-state index contributed by atoms with van der Waals surface area (Å²) in [6.07, 6.45) is 1.87. The first-order valence-corrected chi connectivity index (χ1v) is 12.5. The van der Waals surface area contributed by atoms with Crippen molar-refractivity contribution in [1.82, 2.24) is 0 Å². The molecule has 3 atom stereocenters. The van der Waals surface area contributed by atoms with Crippen LogP contribution in [-0.2, 0) is 28.9 Å². The monoisotopic (exact) mass is 503 g/mol. The second-order valence-electron chi connectivity index (χ2n) is 10.1. The number of aromatic hydroxyl groups is 1. The Bertz CT molecular complexity index is 1450. The van der Waals surface area contributed by atoms with Crippen LogP contribution in [0.25, 0.3) is 11.1 Å². The summed E-state index contributed by atoms with van der Waals surface area (Å²) < 4.78 is 0. The van der Waals surface area contributed by atoms with Gasteiger partial charge in [-0.15, -0.1) is 0 Å². The van der Waals surface area contributed by atoms with Crippen LogP contribution in [-0.4, -0.2) is 43.5 Å². The molecule has 0 heterocycles. The van der Waals surface area contributed by atoms with Crippen LogP contribution in [0.5, 0.6) is 5.75 Å². The van der Waals surface area contributed by atoms with Gasteiger partial charge in [0.1, 0.15) is 22.8 Å². The van der Waals surface area contributed by atoms with E-state index in [-0.39, 0.29) is 36.1 Å². The standard InChI is InChI=1S/C29H29NO7/c1-3-13-5-6-15(9-14(13)4-2)18-7-8-20(31)23-19(18)11-16-10-17-12-21(32)24(28(30)36)27(35)29(17,37)26(34)22(16)25(23)33/h5-9,16-17,31-32,34,37H,3-4,10-12H2,1-2H3,(H2,30,36)/t16-,17+,29+/m1/s1. The Morgan fingerprint density at radius 3 is 2.38 bits per heavy atom. The Hall–Kier alpha value is -3.91. The van der Waals surface area contributed by atoms with Crippen LogP contribution in [0, 0.1) is 11.8 Å². The minimum atomic E-state index is -2.56. The van der Waals surface area contributed by atoms with E-state index in [0.29, 0.717) is 5.56 Å². The molecule has 2 aromatic carbocycles. The Morgan fingerprint density at radius 1 is 1.03 bits per heavy atom. The normalized spacial score (nSPS) is 25.1. The van der Waals surface area contributed by atoms with Gasteiger partial charge in [0.15, 0.2) is 11.4 Å². The zero-order chi connectivity index (χ0) is 26.8. The van der Waals surface area contributed by atoms with Gasteiger partial charge in [-0.1, -0.05) is 38.1 Å². The molecule has 0 aliphatic heterocycles. The summed E-state index contributed by atoms with van der Waals surface area (Å²) in [5, 5.41) is 43.5. The molecule has 192 valence electrons. The molecule has 0 fully saturated rings. The summed E-state index contributed by atoms with van der Waals surface area (Å²) in [5.41, 5.74) is 6.51. The molecule has 1 amide bonds. The van der Waals surface area contributed by atoms with Gasteiger partial charge in [-0.3, -0.25) is 14.4 Å². The highest BCUT2D eigenvalue weighted by molar-refractivity contribution is 6.24. The Balaban J connectivity index is 1.67. The minimum Gasteiger partial charge on any atom is -0.511 e. The number of hydrogen-bond donors (Lipinski definition) is 5. The van der Waals surface area contributed by atoms with Crippen molar-refractivity contribution >= 4 is 17.5 Å². The summed E-state index contributed by atoms with van der Waals surface area (Å²) in [7, 11) is 0. The predicted octanol–water partition coefficient (Wildman–Crippen LogP) is 3.37. The predicted molar refractivity (Wildman–Crippen MR) is 135 cm³/mol. The number of aliphatic hydroxyl groups excluding tert-OH is 2. The molecule has 5 rings (SSSR count). The quantitative estimate of drug-likeness (QED) is 0.400. The Kier molecular flexibility index (Phi) is 5.75. The molecule has 3 aliphatic rings. The van der Waals surface area contributed by atoms with Crippen molar-refractivity contribution in [1.29, 1.82) is 0 Å². The van der Waals surface area contributed by atoms with Crippen molar-refractivity contribution in [2.45, 2.75) is 51.6 Å². The van der Waals surface area contributed by atoms with Crippen LogP contribution in [0.15, 0.2) is 53.0 Å². The highest BCUT2D eigenvalue weighted by Crippen LogP contribution is 2.52. The molecule has 0 spiro atoms. The smallest absolute Gasteiger partial charge is 0.255 e. The number of phenolic OH excluding ortho intramolecular Hbond substituents is 1. The van der Waals surface area contributed by atoms with E-state index in [1.165, 1.54) is 17.2 Å². The Morgan fingerprint density at radius 2 is 1.73 bits per heavy atom. The molecule has 3 aliphatic carbocycles. The number of allylic oxidation sites excluding steroid dienone is 2. The Labute approximate surface area is 213 Å². The van der Waals surface area contributed by atoms with E-state index in [4.69, 9.17) is 5.73 Å². The fraction of sp³-hybridized carbons (Fsp3) is 0.345. The molecule has 6 N–H and O–H groups in total. The van der Waals surface area contributed by atoms with Gasteiger partial charge in [-0.25, -0.2) is 0 Å². The maximum Gasteiger partial charge on any atom is 0.255 e. The summed E-state index contributed by atoms with van der Waals surface area (Å²) >= 11 is 0. The molecule has 8 heteroatoms. The average molecular weight is 504 g/mol. The number of carbonyl (C=O) groups is 3. The van der Waals surface area contributed by atoms with E-state index in [0.717, 1.165) is 24.0 Å². The van der Waals surface area contributed by atoms with Crippen LogP contribution in [0.3, 0.4) is 0 Å². The van der Waals surface area contributed by atoms with Gasteiger partial charge in [0, 0.05) is 17.9 Å². The summed E-state index contributed by atoms with van der Waals surface area (Å²) in [4.78, 5) is 38.6. The number of phenols is 1. The first-order chi connectivity index (χ1) is 17.5. The lowest BCUT2D eigenvalue weighted by atomic mass is 9.60. The molecule has 0 radical (unpaired) electrons. The molecule has 0 aromatic heterocycles. The summed E-state index contributed by atoms with van der Waals surface area (Å²) in [5.74, 6) is -6.29. The SMILES string of the molecule is CCc1ccc(-c2ccc(O)c3c2C[C@H]2C[C@H]4CC(O)=C(C(N)=O)C(=O)[C@@]4(O)C(O)=C2C3=O)cc1CC. The number of benzene rings is 2. The molecule has 37 heavy (non-hydrogen) atoms. The second-order valence-corrected chi connectivity index (χ2v) is 10.1. The molecule has 8 nitrogen and oxygen atoms in total. The summed E-state index contributed by atoms with van der Waals surface area (Å²) in [6.45, 7) is 4.17. The first kappa shape index (κ1) is 24.8. The van der Waals surface area contributed by atoms with E-state index >= 15 is 0 Å². The molecule has 0 saturated carbocycles. The number of fused-ring (bicyclic) bond motifs is 3. The third kappa shape index (κ3) is 3.43. The number of hydrogen-bond acceptors (Lipinski definition) is 7. The van der Waals surface area contributed by atoms with Crippen LogP contribution < -0.4 is 5.73 Å². The zero-order valence-electron chi connectivity index (χ0n) is 20.7. The van der Waals surface area contributed by atoms with Gasteiger partial charge in [-0.2, -0.15) is 0 Å². The number of amides is 1. The van der Waals surface area contributed by atoms with Crippen molar-refractivity contribution in [3.8, 4) is 16.9 Å². The number of carbonyl (C=O) groups excluding carboxylic acids is 3. The fourth-order valence-corrected chi connectivity index (χ4v) is 6.36. The van der Waals surface area contributed by atoms with E-state index in [2.05, 4.69) is 26.0 Å². The maximum absolute atomic E-state index is 13.7. The number of ketones is 2. The lowest BCUT2D eigenvalue weighted by molar-refractivity contribution is -0.144. The van der Waals surface area contributed by atoms with Crippen LogP contribution in [0.4, 0.5) is 0 Å². The van der Waals surface area contributed by atoms with Gasteiger partial charge >= 0.3 is 0 Å². The van der Waals surface area contributed by atoms with Crippen molar-refractivity contribution in [3.05, 3.63) is 75.3 Å². The van der Waals surface area contributed by atoms with Crippen molar-refractivity contribution in [2.75, 3.05) is 0 Å². The lowest BCUT2D eigenvalue weighted by Crippen LogP contribution is -2.57. The van der Waals surface area contributed by atoms with Crippen molar-refractivity contribution in [2.24, 2.45) is 17.6 Å². The van der Waals surface area contributed by atoms with E-state index in [9.17, 15) is 34.8 Å². The highest BCUT2D eigenvalue weighted by atomic mass is 16.3. The van der Waals surface area contributed by atoms with Crippen molar-refractivity contribution in [3.63, 3.8) is 0 Å². The van der Waals surface area contributed by atoms with Crippen molar-refractivity contribution < 1.29 is 34.8 Å². The largest absolute Gasteiger partial charge is 0.511 e. The summed E-state index contributed by atoms with van der Waals surface area (Å²) in [6, 6.07) is 9.35. The third-order valence-electron chi connectivity index (χ3n) is 8.22.